The monoisotopic (exact) mass is 332 g/mol. The quantitative estimate of drug-likeness (QED) is 0.850. The summed E-state index contributed by atoms with van der Waals surface area (Å²) in [6, 6.07) is 0.189. The van der Waals surface area contributed by atoms with Crippen LogP contribution in [0.3, 0.4) is 0 Å². The molecule has 1 amide bonds. The van der Waals surface area contributed by atoms with Gasteiger partial charge in [-0.2, -0.15) is 4.98 Å². The van der Waals surface area contributed by atoms with Gasteiger partial charge in [0.2, 0.25) is 5.89 Å². The normalized spacial score (nSPS) is 18.4. The van der Waals surface area contributed by atoms with Crippen LogP contribution >= 0.6 is 0 Å². The van der Waals surface area contributed by atoms with Gasteiger partial charge in [-0.3, -0.25) is 4.79 Å². The van der Waals surface area contributed by atoms with Crippen molar-refractivity contribution in [3.05, 3.63) is 23.1 Å². The molecule has 1 atom stereocenters. The van der Waals surface area contributed by atoms with Crippen molar-refractivity contribution in [3.63, 3.8) is 0 Å². The minimum Gasteiger partial charge on any atom is -0.340 e. The molecule has 1 aliphatic rings. The Morgan fingerprint density at radius 1 is 1.38 bits per heavy atom. The average Bonchev–Trinajstić information content (AvgIpc) is 3.12. The van der Waals surface area contributed by atoms with Crippen molar-refractivity contribution in [3.8, 4) is 0 Å². The Morgan fingerprint density at radius 2 is 2.17 bits per heavy atom. The molecule has 8 heteroatoms. The van der Waals surface area contributed by atoms with Crippen LogP contribution in [0.1, 0.15) is 60.6 Å². The zero-order valence-corrected chi connectivity index (χ0v) is 14.7. The van der Waals surface area contributed by atoms with Crippen molar-refractivity contribution >= 4 is 5.91 Å². The van der Waals surface area contributed by atoms with Crippen LogP contribution in [0.15, 0.2) is 4.52 Å². The summed E-state index contributed by atoms with van der Waals surface area (Å²) in [5, 5.41) is 12.2. The van der Waals surface area contributed by atoms with E-state index >= 15 is 0 Å². The van der Waals surface area contributed by atoms with Crippen molar-refractivity contribution in [2.75, 3.05) is 13.1 Å². The van der Waals surface area contributed by atoms with Crippen LogP contribution in [0.2, 0.25) is 0 Å². The first-order chi connectivity index (χ1) is 11.5. The van der Waals surface area contributed by atoms with Gasteiger partial charge in [-0.15, -0.1) is 5.10 Å². The van der Waals surface area contributed by atoms with Gasteiger partial charge in [0.1, 0.15) is 0 Å². The maximum atomic E-state index is 12.8. The van der Waals surface area contributed by atoms with Crippen LogP contribution in [0.5, 0.6) is 0 Å². The molecule has 1 fully saturated rings. The van der Waals surface area contributed by atoms with E-state index in [-0.39, 0.29) is 11.9 Å². The van der Waals surface area contributed by atoms with Gasteiger partial charge in [0, 0.05) is 32.5 Å². The molecule has 0 bridgehead atoms. The van der Waals surface area contributed by atoms with Crippen molar-refractivity contribution < 1.29 is 9.32 Å². The SMILES string of the molecule is Cc1nc(CC2CCCN(C(=O)c3nnn(C(C)C)c3C)C2)no1. The number of hydrogen-bond acceptors (Lipinski definition) is 6. The van der Waals surface area contributed by atoms with Crippen molar-refractivity contribution in [2.45, 2.75) is 53.0 Å². The molecular weight excluding hydrogens is 308 g/mol. The largest absolute Gasteiger partial charge is 0.340 e. The van der Waals surface area contributed by atoms with Crippen LogP contribution in [0.25, 0.3) is 0 Å². The van der Waals surface area contributed by atoms with Gasteiger partial charge in [-0.25, -0.2) is 4.68 Å². The molecule has 24 heavy (non-hydrogen) atoms. The topological polar surface area (TPSA) is 89.9 Å². The molecule has 0 N–H and O–H groups in total. The fraction of sp³-hybridized carbons (Fsp3) is 0.688. The van der Waals surface area contributed by atoms with Gasteiger partial charge >= 0.3 is 0 Å². The third-order valence-electron chi connectivity index (χ3n) is 4.47. The van der Waals surface area contributed by atoms with E-state index in [1.807, 2.05) is 25.7 Å². The van der Waals surface area contributed by atoms with Crippen molar-refractivity contribution in [1.82, 2.24) is 30.0 Å². The van der Waals surface area contributed by atoms with E-state index in [0.29, 0.717) is 29.9 Å². The molecule has 2 aromatic rings. The number of aromatic nitrogens is 5. The molecule has 1 aliphatic heterocycles. The molecule has 3 rings (SSSR count). The first kappa shape index (κ1) is 16.6. The Labute approximate surface area is 141 Å². The molecule has 1 saturated heterocycles. The molecule has 2 aromatic heterocycles. The first-order valence-electron chi connectivity index (χ1n) is 8.46. The predicted molar refractivity (Wildman–Crippen MR) is 86.5 cm³/mol. The number of carbonyl (C=O) groups excluding carboxylic acids is 1. The minimum atomic E-state index is -0.0339. The lowest BCUT2D eigenvalue weighted by molar-refractivity contribution is 0.0665. The Kier molecular flexibility index (Phi) is 4.64. The second-order valence-corrected chi connectivity index (χ2v) is 6.75. The lowest BCUT2D eigenvalue weighted by atomic mass is 9.94. The van der Waals surface area contributed by atoms with Gasteiger partial charge in [-0.1, -0.05) is 10.4 Å². The van der Waals surface area contributed by atoms with E-state index in [2.05, 4.69) is 20.5 Å². The number of hydrogen-bond donors (Lipinski definition) is 0. The van der Waals surface area contributed by atoms with Crippen LogP contribution < -0.4 is 0 Å². The summed E-state index contributed by atoms with van der Waals surface area (Å²) in [6.07, 6.45) is 2.78. The lowest BCUT2D eigenvalue weighted by Crippen LogP contribution is -2.41. The Bertz CT molecular complexity index is 720. The summed E-state index contributed by atoms with van der Waals surface area (Å²) in [7, 11) is 0. The van der Waals surface area contributed by atoms with Gasteiger partial charge < -0.3 is 9.42 Å². The summed E-state index contributed by atoms with van der Waals surface area (Å²) in [5.41, 5.74) is 1.28. The molecule has 3 heterocycles. The Balaban J connectivity index is 1.69. The molecule has 0 spiro atoms. The van der Waals surface area contributed by atoms with Gasteiger partial charge in [0.15, 0.2) is 11.5 Å². The number of rotatable bonds is 4. The van der Waals surface area contributed by atoms with Crippen LogP contribution in [-0.2, 0) is 6.42 Å². The number of piperidine rings is 1. The summed E-state index contributed by atoms with van der Waals surface area (Å²) < 4.78 is 6.82. The number of nitrogens with zero attached hydrogens (tertiary/aromatic N) is 6. The molecule has 1 unspecified atom stereocenters. The number of carbonyl (C=O) groups is 1. The van der Waals surface area contributed by atoms with Crippen LogP contribution in [-0.4, -0.2) is 49.0 Å². The predicted octanol–water partition coefficient (Wildman–Crippen LogP) is 1.95. The molecule has 130 valence electrons. The van der Waals surface area contributed by atoms with Crippen LogP contribution in [0, 0.1) is 19.8 Å². The van der Waals surface area contributed by atoms with Crippen LogP contribution in [0.4, 0.5) is 0 Å². The zero-order valence-electron chi connectivity index (χ0n) is 14.7. The lowest BCUT2D eigenvalue weighted by Gasteiger charge is -2.31. The fourth-order valence-electron chi connectivity index (χ4n) is 3.28. The van der Waals surface area contributed by atoms with Gasteiger partial charge in [-0.05, 0) is 39.5 Å². The smallest absolute Gasteiger partial charge is 0.276 e. The molecule has 0 saturated carbocycles. The average molecular weight is 332 g/mol. The van der Waals surface area contributed by atoms with E-state index in [0.717, 1.165) is 31.5 Å². The van der Waals surface area contributed by atoms with Gasteiger partial charge in [0.05, 0.1) is 5.69 Å². The van der Waals surface area contributed by atoms with Crippen molar-refractivity contribution in [1.29, 1.82) is 0 Å². The van der Waals surface area contributed by atoms with E-state index < -0.39 is 0 Å². The summed E-state index contributed by atoms with van der Waals surface area (Å²) in [4.78, 5) is 19.0. The molecule has 0 aromatic carbocycles. The Morgan fingerprint density at radius 3 is 2.79 bits per heavy atom. The maximum Gasteiger partial charge on any atom is 0.276 e. The summed E-state index contributed by atoms with van der Waals surface area (Å²) in [5.74, 6) is 1.61. The minimum absolute atomic E-state index is 0.0339. The molecule has 0 radical (unpaired) electrons. The van der Waals surface area contributed by atoms with Crippen molar-refractivity contribution in [2.24, 2.45) is 5.92 Å². The Hall–Kier alpha value is -2.25. The highest BCUT2D eigenvalue weighted by atomic mass is 16.5. The molecule has 8 nitrogen and oxygen atoms in total. The zero-order chi connectivity index (χ0) is 17.3. The standard InChI is InChI=1S/C16H24N6O2/c1-10(2)22-11(3)15(18-20-22)16(23)21-7-5-6-13(9-21)8-14-17-12(4)24-19-14/h10,13H,5-9H2,1-4H3. The van der Waals surface area contributed by atoms with E-state index in [4.69, 9.17) is 4.52 Å². The second kappa shape index (κ2) is 6.70. The third kappa shape index (κ3) is 3.32. The number of aryl methyl sites for hydroxylation is 1. The highest BCUT2D eigenvalue weighted by Crippen LogP contribution is 2.22. The highest BCUT2D eigenvalue weighted by molar-refractivity contribution is 5.93. The van der Waals surface area contributed by atoms with E-state index in [1.165, 1.54) is 0 Å². The fourth-order valence-corrected chi connectivity index (χ4v) is 3.28. The van der Waals surface area contributed by atoms with E-state index in [9.17, 15) is 4.79 Å². The number of amides is 1. The summed E-state index contributed by atoms with van der Waals surface area (Å²) >= 11 is 0. The number of likely N-dealkylation sites (tertiary alicyclic amines) is 1. The van der Waals surface area contributed by atoms with E-state index in [1.54, 1.807) is 11.6 Å². The molecule has 0 aliphatic carbocycles. The third-order valence-corrected chi connectivity index (χ3v) is 4.47. The summed E-state index contributed by atoms with van der Waals surface area (Å²) in [6.45, 7) is 9.19. The highest BCUT2D eigenvalue weighted by Gasteiger charge is 2.29. The van der Waals surface area contributed by atoms with Gasteiger partial charge in [0.25, 0.3) is 5.91 Å². The molecular formula is C16H24N6O2. The first-order valence-corrected chi connectivity index (χ1v) is 8.46. The second-order valence-electron chi connectivity index (χ2n) is 6.75. The maximum absolute atomic E-state index is 12.8.